The molecule has 4 rings (SSSR count). The Morgan fingerprint density at radius 3 is 2.53 bits per heavy atom. The van der Waals surface area contributed by atoms with E-state index < -0.39 is 58.1 Å². The molecule has 9 heteroatoms. The minimum atomic E-state index is -2.33. The van der Waals surface area contributed by atoms with Crippen LogP contribution in [0.5, 0.6) is 5.75 Å². The van der Waals surface area contributed by atoms with Crippen molar-refractivity contribution in [2.24, 2.45) is 11.8 Å². The van der Waals surface area contributed by atoms with Crippen molar-refractivity contribution in [3.05, 3.63) is 46.2 Å². The Kier molecular flexibility index (Phi) is 4.86. The van der Waals surface area contributed by atoms with E-state index in [1.54, 1.807) is 32.3 Å². The average molecular weight is 438 g/mol. The number of hydrogen-bond acceptors (Lipinski definition) is 9. The van der Waals surface area contributed by atoms with E-state index in [1.807, 2.05) is 0 Å². The highest BCUT2D eigenvalue weighted by Gasteiger charge is 2.66. The monoisotopic (exact) mass is 438 g/mol. The summed E-state index contributed by atoms with van der Waals surface area (Å²) in [6.45, 7) is 1.06. The van der Waals surface area contributed by atoms with Crippen molar-refractivity contribution in [1.82, 2.24) is 4.90 Å². The summed E-state index contributed by atoms with van der Waals surface area (Å²) in [5.41, 5.74) is -2.37. The van der Waals surface area contributed by atoms with Gasteiger partial charge in [0, 0.05) is 18.4 Å². The maximum Gasteiger partial charge on any atom is 0.304 e. The number of nitrogens with zero attached hydrogens (tertiary/aromatic N) is 2. The number of nitriles is 1. The average Bonchev–Trinajstić information content (AvgIpc) is 2.69. The van der Waals surface area contributed by atoms with Crippen LogP contribution in [-0.4, -0.2) is 63.5 Å². The minimum absolute atomic E-state index is 0.101. The van der Waals surface area contributed by atoms with Gasteiger partial charge in [-0.3, -0.25) is 19.3 Å². The quantitative estimate of drug-likeness (QED) is 0.585. The molecule has 0 bridgehead atoms. The van der Waals surface area contributed by atoms with Crippen molar-refractivity contribution in [3.8, 4) is 11.8 Å². The van der Waals surface area contributed by atoms with E-state index in [0.29, 0.717) is 12.0 Å². The van der Waals surface area contributed by atoms with Crippen LogP contribution in [0.4, 0.5) is 0 Å². The number of ether oxygens (including phenoxy) is 1. The van der Waals surface area contributed by atoms with Gasteiger partial charge in [-0.25, -0.2) is 0 Å². The summed E-state index contributed by atoms with van der Waals surface area (Å²) in [4.78, 5) is 40.6. The van der Waals surface area contributed by atoms with Gasteiger partial charge in [-0.05, 0) is 44.5 Å². The number of Topliss-reactive ketones (excluding diaryl/α,β-unsaturated/α-hetero) is 2. The zero-order valence-corrected chi connectivity index (χ0v) is 17.7. The lowest BCUT2D eigenvalue weighted by molar-refractivity contribution is -0.179. The summed E-state index contributed by atoms with van der Waals surface area (Å²) < 4.78 is 5.45. The lowest BCUT2D eigenvalue weighted by atomic mass is 9.57. The molecule has 0 amide bonds. The molecule has 1 aromatic rings. The normalized spacial score (nSPS) is 29.3. The summed E-state index contributed by atoms with van der Waals surface area (Å²) in [6.07, 6.45) is 0.413. The third-order valence-corrected chi connectivity index (χ3v) is 6.60. The Bertz CT molecular complexity index is 1170. The summed E-state index contributed by atoms with van der Waals surface area (Å²) in [5.74, 6) is -5.59. The van der Waals surface area contributed by atoms with E-state index >= 15 is 0 Å². The Hall–Kier alpha value is -3.64. The number of phenols is 1. The number of aliphatic hydroxyl groups is 2. The van der Waals surface area contributed by atoms with Crippen LogP contribution in [-0.2, 0) is 25.5 Å². The van der Waals surface area contributed by atoms with Gasteiger partial charge in [0.2, 0.25) is 11.4 Å². The second-order valence-electron chi connectivity index (χ2n) is 8.58. The lowest BCUT2D eigenvalue weighted by Gasteiger charge is -2.51. The van der Waals surface area contributed by atoms with Crippen LogP contribution in [0.2, 0.25) is 0 Å². The van der Waals surface area contributed by atoms with Crippen molar-refractivity contribution in [3.63, 3.8) is 0 Å². The van der Waals surface area contributed by atoms with E-state index in [9.17, 15) is 35.0 Å². The Balaban J connectivity index is 2.04. The molecule has 1 fully saturated rings. The molecular formula is C23H22N2O7. The van der Waals surface area contributed by atoms with Crippen LogP contribution < -0.4 is 0 Å². The van der Waals surface area contributed by atoms with Crippen molar-refractivity contribution < 1.29 is 34.4 Å². The summed E-state index contributed by atoms with van der Waals surface area (Å²) in [7, 11) is 3.19. The number of rotatable bonds is 2. The van der Waals surface area contributed by atoms with E-state index in [1.165, 1.54) is 11.0 Å². The van der Waals surface area contributed by atoms with Crippen molar-refractivity contribution in [2.75, 3.05) is 14.1 Å². The molecule has 0 aliphatic heterocycles. The van der Waals surface area contributed by atoms with Crippen molar-refractivity contribution in [1.29, 1.82) is 5.26 Å². The maximum atomic E-state index is 13.9. The van der Waals surface area contributed by atoms with E-state index in [0.717, 1.165) is 6.92 Å². The fraction of sp³-hybridized carbons (Fsp3) is 0.391. The van der Waals surface area contributed by atoms with Crippen LogP contribution in [0.3, 0.4) is 0 Å². The first-order valence-corrected chi connectivity index (χ1v) is 10.1. The molecule has 32 heavy (non-hydrogen) atoms. The summed E-state index contributed by atoms with van der Waals surface area (Å²) in [6, 6.07) is 5.35. The Labute approximate surface area is 183 Å². The second-order valence-corrected chi connectivity index (χ2v) is 8.58. The molecule has 1 aromatic carbocycles. The van der Waals surface area contributed by atoms with Gasteiger partial charge in [0.15, 0.2) is 11.5 Å². The van der Waals surface area contributed by atoms with Crippen LogP contribution in [0.1, 0.15) is 24.5 Å². The Morgan fingerprint density at radius 2 is 1.94 bits per heavy atom. The molecule has 0 saturated heterocycles. The molecule has 0 spiro atoms. The number of hydrogen-bond donors (Lipinski definition) is 3. The largest absolute Gasteiger partial charge is 0.507 e. The van der Waals surface area contributed by atoms with Gasteiger partial charge in [-0.15, -0.1) is 0 Å². The van der Waals surface area contributed by atoms with Crippen LogP contribution in [0.25, 0.3) is 5.76 Å². The topological polar surface area (TPSA) is 148 Å². The molecule has 0 heterocycles. The van der Waals surface area contributed by atoms with Crippen LogP contribution >= 0.6 is 0 Å². The standard InChI is InChI=1S/C23H22N2O7/c1-10(26)32-23-14(18(25(2)3)19(28)13(9-24)21(23)30)8-12-7-11-5-4-6-15(27)16(11)20(29)17(12)22(23)31/h4-6,12,14,18,27,29-30H,7-8H2,1-3H3/t12-,14-,18-,23+/m0/s1. The molecule has 9 nitrogen and oxygen atoms in total. The molecule has 3 N–H and O–H groups in total. The molecule has 166 valence electrons. The molecule has 3 aliphatic carbocycles. The smallest absolute Gasteiger partial charge is 0.304 e. The number of fused-ring (bicyclic) bond motifs is 3. The Morgan fingerprint density at radius 1 is 1.25 bits per heavy atom. The van der Waals surface area contributed by atoms with Crippen molar-refractivity contribution in [2.45, 2.75) is 31.4 Å². The molecule has 1 saturated carbocycles. The van der Waals surface area contributed by atoms with Gasteiger partial charge in [-0.2, -0.15) is 5.26 Å². The second kappa shape index (κ2) is 7.21. The number of esters is 1. The molecule has 0 radical (unpaired) electrons. The van der Waals surface area contributed by atoms with Crippen LogP contribution in [0.15, 0.2) is 35.1 Å². The lowest BCUT2D eigenvalue weighted by Crippen LogP contribution is -2.66. The number of carbonyl (C=O) groups is 3. The predicted octanol–water partition coefficient (Wildman–Crippen LogP) is 1.57. The molecule has 0 aromatic heterocycles. The number of likely N-dealkylation sites (N-methyl/N-ethyl adjacent to an activating group) is 1. The molecule has 0 unspecified atom stereocenters. The van der Waals surface area contributed by atoms with Gasteiger partial charge in [0.25, 0.3) is 0 Å². The van der Waals surface area contributed by atoms with Crippen LogP contribution in [0, 0.1) is 23.2 Å². The number of aliphatic hydroxyl groups excluding tert-OH is 2. The summed E-state index contributed by atoms with van der Waals surface area (Å²) >= 11 is 0. The van der Waals surface area contributed by atoms with Gasteiger partial charge >= 0.3 is 5.97 Å². The van der Waals surface area contributed by atoms with Gasteiger partial charge in [-0.1, -0.05) is 12.1 Å². The highest BCUT2D eigenvalue weighted by atomic mass is 16.6. The number of ketones is 2. The van der Waals surface area contributed by atoms with Gasteiger partial charge in [0.05, 0.1) is 11.6 Å². The highest BCUT2D eigenvalue weighted by molar-refractivity contribution is 6.15. The number of benzene rings is 1. The molecule has 4 atom stereocenters. The highest BCUT2D eigenvalue weighted by Crippen LogP contribution is 2.54. The minimum Gasteiger partial charge on any atom is -0.507 e. The predicted molar refractivity (Wildman–Crippen MR) is 110 cm³/mol. The molecule has 3 aliphatic rings. The number of aromatic hydroxyl groups is 1. The first-order chi connectivity index (χ1) is 15.1. The van der Waals surface area contributed by atoms with Gasteiger partial charge < -0.3 is 20.1 Å². The first-order valence-electron chi connectivity index (χ1n) is 10.1. The van der Waals surface area contributed by atoms with E-state index in [-0.39, 0.29) is 23.3 Å². The number of carbonyl (C=O) groups excluding carboxylic acids is 3. The molecular weight excluding hydrogens is 416 g/mol. The third-order valence-electron chi connectivity index (χ3n) is 6.60. The van der Waals surface area contributed by atoms with Gasteiger partial charge in [0.1, 0.15) is 23.2 Å². The fourth-order valence-corrected chi connectivity index (χ4v) is 5.43. The number of phenolic OH excluding ortho intramolecular Hbond substituents is 1. The van der Waals surface area contributed by atoms with E-state index in [2.05, 4.69) is 0 Å². The zero-order valence-electron chi connectivity index (χ0n) is 17.7. The SMILES string of the molecule is CC(=O)O[C@]12C(=O)C3=C(O)c4c(O)cccc4C[C@H]3C[C@H]1[C@H](N(C)C)C(=O)C(C#N)=C2O. The summed E-state index contributed by atoms with van der Waals surface area (Å²) in [5, 5.41) is 41.8. The maximum absolute atomic E-state index is 13.9. The zero-order chi connectivity index (χ0) is 23.5. The van der Waals surface area contributed by atoms with Crippen molar-refractivity contribution >= 4 is 23.3 Å². The first kappa shape index (κ1) is 21.6. The van der Waals surface area contributed by atoms with E-state index in [4.69, 9.17) is 4.74 Å². The third kappa shape index (κ3) is 2.69. The fourth-order valence-electron chi connectivity index (χ4n) is 5.43.